The molecule has 0 aromatic carbocycles. The van der Waals surface area contributed by atoms with E-state index in [4.69, 9.17) is 5.11 Å². The Labute approximate surface area is 93.9 Å². The Morgan fingerprint density at radius 1 is 1.69 bits per heavy atom. The summed E-state index contributed by atoms with van der Waals surface area (Å²) in [6.45, 7) is 3.91. The topological polar surface area (TPSA) is 71.2 Å². The molecule has 1 atom stereocenters. The summed E-state index contributed by atoms with van der Waals surface area (Å²) in [5, 5.41) is 16.6. The highest BCUT2D eigenvalue weighted by atomic mass is 16.3. The summed E-state index contributed by atoms with van der Waals surface area (Å²) in [6.07, 6.45) is 2.75. The fourth-order valence-electron chi connectivity index (χ4n) is 2.03. The van der Waals surface area contributed by atoms with Gasteiger partial charge in [-0.2, -0.15) is 0 Å². The number of nitrogens with zero attached hydrogens (tertiary/aromatic N) is 4. The molecule has 88 valence electrons. The lowest BCUT2D eigenvalue weighted by atomic mass is 10.1. The van der Waals surface area contributed by atoms with Crippen LogP contribution in [0.1, 0.15) is 19.0 Å². The van der Waals surface area contributed by atoms with Gasteiger partial charge in [0, 0.05) is 26.6 Å². The number of likely N-dealkylation sites (tertiary alicyclic amines) is 1. The number of amides is 1. The third kappa shape index (κ3) is 2.38. The summed E-state index contributed by atoms with van der Waals surface area (Å²) in [4.78, 5) is 13.0. The van der Waals surface area contributed by atoms with Crippen molar-refractivity contribution in [2.24, 2.45) is 5.92 Å². The van der Waals surface area contributed by atoms with Crippen LogP contribution in [0.15, 0.2) is 6.20 Å². The summed E-state index contributed by atoms with van der Waals surface area (Å²) >= 11 is 0. The smallest absolute Gasteiger partial charge is 0.219 e. The van der Waals surface area contributed by atoms with Gasteiger partial charge in [0.1, 0.15) is 5.69 Å². The van der Waals surface area contributed by atoms with Crippen molar-refractivity contribution in [1.29, 1.82) is 0 Å². The normalized spacial score (nSPS) is 20.4. The molecule has 2 heterocycles. The van der Waals surface area contributed by atoms with E-state index in [1.165, 1.54) is 0 Å². The number of rotatable bonds is 3. The van der Waals surface area contributed by atoms with Gasteiger partial charge in [0.25, 0.3) is 0 Å². The number of aliphatic hydroxyl groups excluding tert-OH is 1. The van der Waals surface area contributed by atoms with E-state index in [0.717, 1.165) is 26.1 Å². The van der Waals surface area contributed by atoms with Gasteiger partial charge in [-0.3, -0.25) is 9.48 Å². The zero-order valence-electron chi connectivity index (χ0n) is 9.33. The molecule has 0 aliphatic carbocycles. The van der Waals surface area contributed by atoms with E-state index >= 15 is 0 Å². The first-order valence-electron chi connectivity index (χ1n) is 5.44. The van der Waals surface area contributed by atoms with E-state index in [9.17, 15) is 4.79 Å². The number of hydrogen-bond donors (Lipinski definition) is 1. The van der Waals surface area contributed by atoms with Gasteiger partial charge < -0.3 is 10.0 Å². The van der Waals surface area contributed by atoms with Crippen molar-refractivity contribution < 1.29 is 9.90 Å². The molecule has 1 fully saturated rings. The zero-order valence-corrected chi connectivity index (χ0v) is 9.33. The lowest BCUT2D eigenvalue weighted by Crippen LogP contribution is -2.26. The van der Waals surface area contributed by atoms with Gasteiger partial charge >= 0.3 is 0 Å². The third-order valence-electron chi connectivity index (χ3n) is 2.92. The maximum atomic E-state index is 11.2. The van der Waals surface area contributed by atoms with Crippen LogP contribution in [0.2, 0.25) is 0 Å². The average Bonchev–Trinajstić information content (AvgIpc) is 2.87. The molecule has 2 rings (SSSR count). The Balaban J connectivity index is 1.89. The molecular weight excluding hydrogens is 208 g/mol. The Kier molecular flexibility index (Phi) is 3.19. The predicted octanol–water partition coefficient (Wildman–Crippen LogP) is -0.361. The van der Waals surface area contributed by atoms with E-state index in [1.54, 1.807) is 17.8 Å². The average molecular weight is 224 g/mol. The zero-order chi connectivity index (χ0) is 11.5. The number of hydrogen-bond acceptors (Lipinski definition) is 4. The second kappa shape index (κ2) is 4.61. The van der Waals surface area contributed by atoms with Crippen LogP contribution < -0.4 is 0 Å². The molecule has 0 spiro atoms. The molecular formula is C10H16N4O2. The molecule has 1 N–H and O–H groups in total. The number of carbonyl (C=O) groups excluding carboxylic acids is 1. The van der Waals surface area contributed by atoms with E-state index in [-0.39, 0.29) is 12.5 Å². The maximum absolute atomic E-state index is 11.2. The highest BCUT2D eigenvalue weighted by molar-refractivity contribution is 5.73. The minimum atomic E-state index is -0.0791. The molecule has 0 bridgehead atoms. The molecule has 1 saturated heterocycles. The molecule has 1 aliphatic heterocycles. The summed E-state index contributed by atoms with van der Waals surface area (Å²) in [6, 6.07) is 0. The number of aromatic nitrogens is 3. The molecule has 0 radical (unpaired) electrons. The molecule has 0 unspecified atom stereocenters. The van der Waals surface area contributed by atoms with Gasteiger partial charge in [-0.1, -0.05) is 5.21 Å². The van der Waals surface area contributed by atoms with E-state index in [0.29, 0.717) is 11.6 Å². The van der Waals surface area contributed by atoms with Gasteiger partial charge in [-0.15, -0.1) is 5.10 Å². The predicted molar refractivity (Wildman–Crippen MR) is 56.3 cm³/mol. The van der Waals surface area contributed by atoms with Gasteiger partial charge in [-0.05, 0) is 12.3 Å². The highest BCUT2D eigenvalue weighted by Gasteiger charge is 2.24. The minimum absolute atomic E-state index is 0.0791. The molecule has 16 heavy (non-hydrogen) atoms. The highest BCUT2D eigenvalue weighted by Crippen LogP contribution is 2.17. The van der Waals surface area contributed by atoms with E-state index in [1.807, 2.05) is 4.90 Å². The second-order valence-electron chi connectivity index (χ2n) is 4.21. The van der Waals surface area contributed by atoms with Gasteiger partial charge in [0.05, 0.1) is 12.8 Å². The Morgan fingerprint density at radius 2 is 2.50 bits per heavy atom. The fourth-order valence-corrected chi connectivity index (χ4v) is 2.03. The van der Waals surface area contributed by atoms with Gasteiger partial charge in [-0.25, -0.2) is 0 Å². The molecule has 6 nitrogen and oxygen atoms in total. The Hall–Kier alpha value is -1.43. The van der Waals surface area contributed by atoms with E-state index in [2.05, 4.69) is 10.3 Å². The number of carbonyl (C=O) groups is 1. The maximum Gasteiger partial charge on any atom is 0.219 e. The molecule has 1 aromatic heterocycles. The van der Waals surface area contributed by atoms with Crippen molar-refractivity contribution in [2.45, 2.75) is 26.5 Å². The largest absolute Gasteiger partial charge is 0.390 e. The van der Waals surface area contributed by atoms with Crippen molar-refractivity contribution in [3.05, 3.63) is 11.9 Å². The Bertz CT molecular complexity index is 377. The first kappa shape index (κ1) is 11.1. The number of aliphatic hydroxyl groups is 1. The van der Waals surface area contributed by atoms with Gasteiger partial charge in [0.2, 0.25) is 5.91 Å². The third-order valence-corrected chi connectivity index (χ3v) is 2.92. The minimum Gasteiger partial charge on any atom is -0.390 e. The van der Waals surface area contributed by atoms with Crippen LogP contribution in [0.5, 0.6) is 0 Å². The summed E-state index contributed by atoms with van der Waals surface area (Å²) < 4.78 is 1.74. The van der Waals surface area contributed by atoms with Gasteiger partial charge in [0.15, 0.2) is 0 Å². The van der Waals surface area contributed by atoms with Crippen molar-refractivity contribution in [3.63, 3.8) is 0 Å². The molecule has 1 amide bonds. The van der Waals surface area contributed by atoms with Crippen LogP contribution in [-0.4, -0.2) is 44.0 Å². The second-order valence-corrected chi connectivity index (χ2v) is 4.21. The monoisotopic (exact) mass is 224 g/mol. The molecule has 1 aromatic rings. The van der Waals surface area contributed by atoms with Crippen LogP contribution in [0.25, 0.3) is 0 Å². The lowest BCUT2D eigenvalue weighted by molar-refractivity contribution is -0.127. The summed E-state index contributed by atoms with van der Waals surface area (Å²) in [7, 11) is 0. The van der Waals surface area contributed by atoms with Crippen LogP contribution >= 0.6 is 0 Å². The Morgan fingerprint density at radius 3 is 3.06 bits per heavy atom. The molecule has 0 saturated carbocycles. The first-order valence-corrected chi connectivity index (χ1v) is 5.44. The van der Waals surface area contributed by atoms with Crippen molar-refractivity contribution in [2.75, 3.05) is 13.1 Å². The summed E-state index contributed by atoms with van der Waals surface area (Å²) in [5.74, 6) is 0.578. The van der Waals surface area contributed by atoms with Crippen LogP contribution in [0.3, 0.4) is 0 Å². The molecule has 6 heteroatoms. The van der Waals surface area contributed by atoms with Crippen LogP contribution in [0.4, 0.5) is 0 Å². The summed E-state index contributed by atoms with van der Waals surface area (Å²) in [5.41, 5.74) is 0.585. The van der Waals surface area contributed by atoms with Crippen LogP contribution in [-0.2, 0) is 17.9 Å². The van der Waals surface area contributed by atoms with Crippen molar-refractivity contribution >= 4 is 5.91 Å². The standard InChI is InChI=1S/C10H16N4O2/c1-8(16)13-3-2-9(4-13)5-14-6-10(7-15)11-12-14/h6,9,15H,2-5,7H2,1H3/t9-/m0/s1. The first-order chi connectivity index (χ1) is 7.69. The fraction of sp³-hybridized carbons (Fsp3) is 0.700. The SMILES string of the molecule is CC(=O)N1CC[C@H](Cn2cc(CO)nn2)C1. The molecule has 1 aliphatic rings. The van der Waals surface area contributed by atoms with Crippen molar-refractivity contribution in [3.8, 4) is 0 Å². The van der Waals surface area contributed by atoms with E-state index < -0.39 is 0 Å². The quantitative estimate of drug-likeness (QED) is 0.761. The van der Waals surface area contributed by atoms with Crippen LogP contribution in [0, 0.1) is 5.92 Å². The lowest BCUT2D eigenvalue weighted by Gasteiger charge is -2.13. The van der Waals surface area contributed by atoms with Crippen molar-refractivity contribution in [1.82, 2.24) is 19.9 Å².